The van der Waals surface area contributed by atoms with E-state index in [-0.39, 0.29) is 5.60 Å². The van der Waals surface area contributed by atoms with Gasteiger partial charge >= 0.3 is 0 Å². The minimum Gasteiger partial charge on any atom is -0.487 e. The fourth-order valence-corrected chi connectivity index (χ4v) is 3.37. The average molecular weight is 260 g/mol. The molecular formula is C16H24N2O. The molecule has 2 aliphatic rings. The molecule has 0 saturated carbocycles. The van der Waals surface area contributed by atoms with Gasteiger partial charge in [-0.05, 0) is 39.9 Å². The van der Waals surface area contributed by atoms with Crippen LogP contribution in [0.1, 0.15) is 38.3 Å². The summed E-state index contributed by atoms with van der Waals surface area (Å²) in [5.41, 5.74) is 1.26. The second-order valence-electron chi connectivity index (χ2n) is 6.43. The van der Waals surface area contributed by atoms with Gasteiger partial charge < -0.3 is 10.1 Å². The molecule has 0 amide bonds. The predicted octanol–water partition coefficient (Wildman–Crippen LogP) is 2.58. The van der Waals surface area contributed by atoms with Crippen molar-refractivity contribution in [2.75, 3.05) is 20.1 Å². The molecule has 0 aromatic heterocycles. The van der Waals surface area contributed by atoms with Crippen LogP contribution in [0.15, 0.2) is 24.3 Å². The molecule has 3 rings (SSSR count). The summed E-state index contributed by atoms with van der Waals surface area (Å²) in [6.45, 7) is 6.63. The van der Waals surface area contributed by atoms with Crippen LogP contribution >= 0.6 is 0 Å². The number of rotatable bonds is 2. The van der Waals surface area contributed by atoms with Gasteiger partial charge in [-0.3, -0.25) is 4.90 Å². The lowest BCUT2D eigenvalue weighted by atomic mass is 9.88. The molecule has 2 heterocycles. The highest BCUT2D eigenvalue weighted by atomic mass is 16.5. The van der Waals surface area contributed by atoms with Gasteiger partial charge in [-0.1, -0.05) is 18.2 Å². The monoisotopic (exact) mass is 260 g/mol. The van der Waals surface area contributed by atoms with Gasteiger partial charge in [-0.25, -0.2) is 0 Å². The van der Waals surface area contributed by atoms with Crippen LogP contribution in [-0.2, 0) is 0 Å². The highest BCUT2D eigenvalue weighted by Gasteiger charge is 2.37. The lowest BCUT2D eigenvalue weighted by Gasteiger charge is -2.43. The van der Waals surface area contributed by atoms with E-state index in [1.165, 1.54) is 12.0 Å². The van der Waals surface area contributed by atoms with Gasteiger partial charge in [0.1, 0.15) is 11.4 Å². The number of nitrogens with zero attached hydrogens (tertiary/aromatic N) is 1. The Hall–Kier alpha value is -1.06. The Morgan fingerprint density at radius 1 is 1.32 bits per heavy atom. The zero-order valence-corrected chi connectivity index (χ0v) is 12.1. The molecule has 0 bridgehead atoms. The summed E-state index contributed by atoms with van der Waals surface area (Å²) < 4.78 is 6.12. The van der Waals surface area contributed by atoms with Gasteiger partial charge in [0, 0.05) is 30.6 Å². The minimum atomic E-state index is -0.0840. The number of fused-ring (bicyclic) bond motifs is 1. The predicted molar refractivity (Wildman–Crippen MR) is 77.5 cm³/mol. The first-order valence-electron chi connectivity index (χ1n) is 7.27. The molecule has 1 N–H and O–H groups in total. The molecule has 3 nitrogen and oxygen atoms in total. The molecule has 2 atom stereocenters. The normalized spacial score (nSPS) is 29.1. The highest BCUT2D eigenvalue weighted by molar-refractivity contribution is 5.38. The molecule has 2 aliphatic heterocycles. The fraction of sp³-hybridized carbons (Fsp3) is 0.625. The van der Waals surface area contributed by atoms with Crippen molar-refractivity contribution < 1.29 is 4.74 Å². The first kappa shape index (κ1) is 12.9. The number of nitrogens with one attached hydrogen (secondary N) is 1. The third-order valence-corrected chi connectivity index (χ3v) is 4.45. The van der Waals surface area contributed by atoms with Gasteiger partial charge in [0.25, 0.3) is 0 Å². The summed E-state index contributed by atoms with van der Waals surface area (Å²) in [5.74, 6) is 1.06. The first-order chi connectivity index (χ1) is 9.07. The van der Waals surface area contributed by atoms with Crippen molar-refractivity contribution >= 4 is 0 Å². The molecule has 1 aromatic rings. The van der Waals surface area contributed by atoms with E-state index in [0.29, 0.717) is 12.1 Å². The van der Waals surface area contributed by atoms with Crippen molar-refractivity contribution in [1.82, 2.24) is 10.2 Å². The van der Waals surface area contributed by atoms with Gasteiger partial charge in [0.05, 0.1) is 0 Å². The van der Waals surface area contributed by atoms with Crippen LogP contribution in [0.5, 0.6) is 5.75 Å². The topological polar surface area (TPSA) is 24.5 Å². The van der Waals surface area contributed by atoms with E-state index >= 15 is 0 Å². The van der Waals surface area contributed by atoms with Gasteiger partial charge in [0.15, 0.2) is 0 Å². The van der Waals surface area contributed by atoms with Crippen LogP contribution in [-0.4, -0.2) is 36.7 Å². The smallest absolute Gasteiger partial charge is 0.124 e. The fourth-order valence-electron chi connectivity index (χ4n) is 3.37. The van der Waals surface area contributed by atoms with E-state index in [0.717, 1.165) is 25.3 Å². The molecule has 19 heavy (non-hydrogen) atoms. The number of para-hydroxylation sites is 1. The molecule has 0 spiro atoms. The standard InChI is InChI=1S/C16H24N2O/c1-16(2)10-14(18(3)12-8-9-17-11-12)13-6-4-5-7-15(13)19-16/h4-7,12,14,17H,8-11H2,1-3H3. The number of likely N-dealkylation sites (N-methyl/N-ethyl adjacent to an activating group) is 1. The summed E-state index contributed by atoms with van der Waals surface area (Å²) in [7, 11) is 2.26. The number of benzene rings is 1. The maximum atomic E-state index is 6.12. The zero-order valence-electron chi connectivity index (χ0n) is 12.1. The molecule has 1 fully saturated rings. The highest BCUT2D eigenvalue weighted by Crippen LogP contribution is 2.42. The van der Waals surface area contributed by atoms with Crippen LogP contribution in [0.3, 0.4) is 0 Å². The molecule has 104 valence electrons. The molecule has 0 radical (unpaired) electrons. The van der Waals surface area contributed by atoms with Crippen molar-refractivity contribution in [2.24, 2.45) is 0 Å². The van der Waals surface area contributed by atoms with Crippen LogP contribution in [0, 0.1) is 0 Å². The second kappa shape index (κ2) is 4.80. The van der Waals surface area contributed by atoms with Crippen LogP contribution in [0.4, 0.5) is 0 Å². The van der Waals surface area contributed by atoms with Crippen molar-refractivity contribution in [2.45, 2.75) is 44.4 Å². The van der Waals surface area contributed by atoms with Crippen molar-refractivity contribution in [1.29, 1.82) is 0 Å². The number of hydrogen-bond donors (Lipinski definition) is 1. The maximum absolute atomic E-state index is 6.12. The van der Waals surface area contributed by atoms with E-state index in [4.69, 9.17) is 4.74 Å². The summed E-state index contributed by atoms with van der Waals surface area (Å²) in [6.07, 6.45) is 2.30. The molecule has 1 aromatic carbocycles. The Balaban J connectivity index is 1.91. The minimum absolute atomic E-state index is 0.0840. The molecule has 0 aliphatic carbocycles. The number of hydrogen-bond acceptors (Lipinski definition) is 3. The van der Waals surface area contributed by atoms with Crippen LogP contribution in [0.25, 0.3) is 0 Å². The lowest BCUT2D eigenvalue weighted by Crippen LogP contribution is -2.44. The zero-order chi connectivity index (χ0) is 13.5. The summed E-state index contributed by atoms with van der Waals surface area (Å²) in [6, 6.07) is 9.61. The van der Waals surface area contributed by atoms with E-state index in [9.17, 15) is 0 Å². The first-order valence-corrected chi connectivity index (χ1v) is 7.27. The molecule has 1 saturated heterocycles. The van der Waals surface area contributed by atoms with E-state index in [1.54, 1.807) is 0 Å². The molecule has 2 unspecified atom stereocenters. The summed E-state index contributed by atoms with van der Waals surface area (Å²) in [4.78, 5) is 2.54. The van der Waals surface area contributed by atoms with E-state index in [2.05, 4.69) is 55.4 Å². The summed E-state index contributed by atoms with van der Waals surface area (Å²) >= 11 is 0. The van der Waals surface area contributed by atoms with Crippen LogP contribution in [0.2, 0.25) is 0 Å². The van der Waals surface area contributed by atoms with Crippen LogP contribution < -0.4 is 10.1 Å². The van der Waals surface area contributed by atoms with Gasteiger partial charge in [-0.2, -0.15) is 0 Å². The maximum Gasteiger partial charge on any atom is 0.124 e. The van der Waals surface area contributed by atoms with Crippen molar-refractivity contribution in [3.63, 3.8) is 0 Å². The number of ether oxygens (including phenoxy) is 1. The third-order valence-electron chi connectivity index (χ3n) is 4.45. The van der Waals surface area contributed by atoms with E-state index < -0.39 is 0 Å². The van der Waals surface area contributed by atoms with Crippen molar-refractivity contribution in [3.05, 3.63) is 29.8 Å². The quantitative estimate of drug-likeness (QED) is 0.884. The average Bonchev–Trinajstić information content (AvgIpc) is 2.89. The second-order valence-corrected chi connectivity index (χ2v) is 6.43. The Labute approximate surface area is 115 Å². The largest absolute Gasteiger partial charge is 0.487 e. The SMILES string of the molecule is CN(C1CCNC1)C1CC(C)(C)Oc2ccccc21. The lowest BCUT2D eigenvalue weighted by molar-refractivity contribution is 0.0272. The third kappa shape index (κ3) is 2.49. The van der Waals surface area contributed by atoms with Gasteiger partial charge in [-0.15, -0.1) is 0 Å². The summed E-state index contributed by atoms with van der Waals surface area (Å²) in [5, 5.41) is 3.46. The molecular weight excluding hydrogens is 236 g/mol. The van der Waals surface area contributed by atoms with E-state index in [1.807, 2.05) is 0 Å². The Morgan fingerprint density at radius 2 is 2.11 bits per heavy atom. The molecule has 3 heteroatoms. The van der Waals surface area contributed by atoms with Crippen molar-refractivity contribution in [3.8, 4) is 5.75 Å². The Kier molecular flexibility index (Phi) is 3.27. The Bertz CT molecular complexity index is 452. The van der Waals surface area contributed by atoms with Gasteiger partial charge in [0.2, 0.25) is 0 Å². The Morgan fingerprint density at radius 3 is 2.84 bits per heavy atom.